The number of hydrogen-bond donors (Lipinski definition) is 1. The molecule has 35 heavy (non-hydrogen) atoms. The van der Waals surface area contributed by atoms with Gasteiger partial charge in [-0.1, -0.05) is 49.3 Å². The maximum absolute atomic E-state index is 13.5. The first-order valence-corrected chi connectivity index (χ1v) is 13.2. The number of fused-ring (bicyclic) bond motifs is 1. The van der Waals surface area contributed by atoms with Crippen LogP contribution in [0.3, 0.4) is 0 Å². The highest BCUT2D eigenvalue weighted by molar-refractivity contribution is 8.26. The minimum atomic E-state index is -0.209. The number of imidazole rings is 1. The Morgan fingerprint density at radius 3 is 2.83 bits per heavy atom. The molecule has 2 fully saturated rings. The standard InChI is InChI=1S/C25H28N6O2S2/c1-17-7-5-13-30-22(17)28-21(27-10-6-12-29-14-11-26-16-29)19(23(30)32)15-20-24(33)31(25(34)35-20)18-8-3-2-4-9-18/h5,7,11,13-16,18,27H,2-4,6,8-10,12H2,1H3/b20-15+. The van der Waals surface area contributed by atoms with Crippen molar-refractivity contribution in [1.82, 2.24) is 23.8 Å². The van der Waals surface area contributed by atoms with Gasteiger partial charge in [-0.05, 0) is 43.9 Å². The van der Waals surface area contributed by atoms with Crippen molar-refractivity contribution in [2.75, 3.05) is 11.9 Å². The van der Waals surface area contributed by atoms with E-state index in [2.05, 4.69) is 10.3 Å². The molecule has 1 aliphatic heterocycles. The maximum atomic E-state index is 13.5. The summed E-state index contributed by atoms with van der Waals surface area (Å²) in [4.78, 5) is 38.0. The van der Waals surface area contributed by atoms with Gasteiger partial charge >= 0.3 is 0 Å². The smallest absolute Gasteiger partial charge is 0.267 e. The van der Waals surface area contributed by atoms with Crippen molar-refractivity contribution in [2.24, 2.45) is 0 Å². The summed E-state index contributed by atoms with van der Waals surface area (Å²) in [5.74, 6) is 0.379. The number of amides is 1. The van der Waals surface area contributed by atoms with Gasteiger partial charge in [0.2, 0.25) is 0 Å². The third-order valence-electron chi connectivity index (χ3n) is 6.57. The molecule has 5 rings (SSSR count). The van der Waals surface area contributed by atoms with Crippen LogP contribution in [0.25, 0.3) is 11.7 Å². The van der Waals surface area contributed by atoms with Gasteiger partial charge in [0.25, 0.3) is 11.5 Å². The number of carbonyl (C=O) groups excluding carboxylic acids is 1. The van der Waals surface area contributed by atoms with Crippen molar-refractivity contribution in [3.05, 3.63) is 63.4 Å². The van der Waals surface area contributed by atoms with Crippen LogP contribution in [0, 0.1) is 6.92 Å². The van der Waals surface area contributed by atoms with Crippen LogP contribution in [0.4, 0.5) is 5.82 Å². The van der Waals surface area contributed by atoms with E-state index in [0.29, 0.717) is 32.8 Å². The molecule has 1 amide bonds. The minimum absolute atomic E-state index is 0.105. The van der Waals surface area contributed by atoms with Crippen LogP contribution in [-0.4, -0.2) is 46.6 Å². The number of nitrogens with zero attached hydrogens (tertiary/aromatic N) is 5. The van der Waals surface area contributed by atoms with Crippen LogP contribution in [0.15, 0.2) is 46.8 Å². The molecule has 182 valence electrons. The number of carbonyl (C=O) groups is 1. The van der Waals surface area contributed by atoms with Crippen molar-refractivity contribution < 1.29 is 4.79 Å². The molecule has 1 N–H and O–H groups in total. The Morgan fingerprint density at radius 2 is 2.06 bits per heavy atom. The number of aromatic nitrogens is 4. The van der Waals surface area contributed by atoms with Crippen molar-refractivity contribution in [2.45, 2.75) is 58.0 Å². The molecule has 2 aliphatic rings. The van der Waals surface area contributed by atoms with E-state index in [0.717, 1.165) is 44.2 Å². The van der Waals surface area contributed by atoms with E-state index in [4.69, 9.17) is 17.2 Å². The summed E-state index contributed by atoms with van der Waals surface area (Å²) in [5, 5.41) is 3.34. The Labute approximate surface area is 213 Å². The first-order valence-electron chi connectivity index (χ1n) is 12.0. The number of thioether (sulfide) groups is 1. The van der Waals surface area contributed by atoms with E-state index in [9.17, 15) is 9.59 Å². The van der Waals surface area contributed by atoms with Gasteiger partial charge in [0.1, 0.15) is 15.8 Å². The average Bonchev–Trinajstić information content (AvgIpc) is 3.47. The number of hydrogen-bond acceptors (Lipinski definition) is 7. The van der Waals surface area contributed by atoms with Gasteiger partial charge in [-0.3, -0.25) is 18.9 Å². The zero-order valence-electron chi connectivity index (χ0n) is 19.6. The van der Waals surface area contributed by atoms with E-state index in [1.54, 1.807) is 34.1 Å². The van der Waals surface area contributed by atoms with Gasteiger partial charge in [-0.15, -0.1) is 0 Å². The molecule has 1 saturated carbocycles. The highest BCUT2D eigenvalue weighted by Crippen LogP contribution is 2.37. The fraction of sp³-hybridized carbons (Fsp3) is 0.400. The lowest BCUT2D eigenvalue weighted by atomic mass is 9.94. The second-order valence-electron chi connectivity index (χ2n) is 8.99. The first kappa shape index (κ1) is 23.7. The SMILES string of the molecule is Cc1cccn2c(=O)c(/C=C3/SC(=S)N(C4CCCCC4)C3=O)c(NCCCn3ccnc3)nc12. The van der Waals surface area contributed by atoms with Crippen LogP contribution in [-0.2, 0) is 11.3 Å². The van der Waals surface area contributed by atoms with Crippen molar-refractivity contribution in [3.8, 4) is 0 Å². The van der Waals surface area contributed by atoms with E-state index >= 15 is 0 Å². The second-order valence-corrected chi connectivity index (χ2v) is 10.7. The molecule has 1 aliphatic carbocycles. The van der Waals surface area contributed by atoms with Crippen molar-refractivity contribution >= 4 is 51.7 Å². The lowest BCUT2D eigenvalue weighted by molar-refractivity contribution is -0.124. The number of anilines is 1. The molecule has 0 bridgehead atoms. The van der Waals surface area contributed by atoms with Crippen LogP contribution in [0.1, 0.15) is 49.7 Å². The topological polar surface area (TPSA) is 84.5 Å². The molecule has 1 saturated heterocycles. The Kier molecular flexibility index (Phi) is 7.01. The van der Waals surface area contributed by atoms with Crippen LogP contribution < -0.4 is 10.9 Å². The lowest BCUT2D eigenvalue weighted by Crippen LogP contribution is -2.39. The Morgan fingerprint density at radius 1 is 1.23 bits per heavy atom. The van der Waals surface area contributed by atoms with E-state index in [1.165, 1.54) is 18.2 Å². The van der Waals surface area contributed by atoms with Crippen molar-refractivity contribution in [1.29, 1.82) is 0 Å². The van der Waals surface area contributed by atoms with Gasteiger partial charge in [0, 0.05) is 37.7 Å². The van der Waals surface area contributed by atoms with Crippen LogP contribution in [0.2, 0.25) is 0 Å². The Bertz CT molecular complexity index is 1340. The molecule has 0 aromatic carbocycles. The predicted molar refractivity (Wildman–Crippen MR) is 143 cm³/mol. The third kappa shape index (κ3) is 4.90. The molecule has 3 aromatic rings. The Balaban J connectivity index is 1.46. The predicted octanol–water partition coefficient (Wildman–Crippen LogP) is 4.24. The summed E-state index contributed by atoms with van der Waals surface area (Å²) < 4.78 is 4.12. The maximum Gasteiger partial charge on any atom is 0.267 e. The van der Waals surface area contributed by atoms with Gasteiger partial charge in [-0.2, -0.15) is 0 Å². The molecule has 0 unspecified atom stereocenters. The molecular formula is C25H28N6O2S2. The number of thiocarbonyl (C=S) groups is 1. The zero-order valence-corrected chi connectivity index (χ0v) is 21.3. The summed E-state index contributed by atoms with van der Waals surface area (Å²) in [6.45, 7) is 3.35. The highest BCUT2D eigenvalue weighted by atomic mass is 32.2. The number of aryl methyl sites for hydroxylation is 2. The zero-order chi connectivity index (χ0) is 24.4. The summed E-state index contributed by atoms with van der Waals surface area (Å²) in [7, 11) is 0. The van der Waals surface area contributed by atoms with Crippen molar-refractivity contribution in [3.63, 3.8) is 0 Å². The fourth-order valence-corrected chi connectivity index (χ4v) is 6.11. The molecule has 0 atom stereocenters. The molecule has 10 heteroatoms. The first-order chi connectivity index (χ1) is 17.0. The lowest BCUT2D eigenvalue weighted by Gasteiger charge is -2.29. The summed E-state index contributed by atoms with van der Waals surface area (Å²) >= 11 is 6.86. The van der Waals surface area contributed by atoms with Crippen LogP contribution >= 0.6 is 24.0 Å². The molecule has 4 heterocycles. The fourth-order valence-electron chi connectivity index (χ4n) is 4.73. The molecular weight excluding hydrogens is 480 g/mol. The summed E-state index contributed by atoms with van der Waals surface area (Å²) in [6, 6.07) is 3.91. The summed E-state index contributed by atoms with van der Waals surface area (Å²) in [5.41, 5.74) is 1.67. The normalized spacial score (nSPS) is 18.2. The Hall–Kier alpha value is -2.98. The number of rotatable bonds is 7. The molecule has 0 radical (unpaired) electrons. The largest absolute Gasteiger partial charge is 0.369 e. The number of nitrogens with one attached hydrogen (secondary N) is 1. The summed E-state index contributed by atoms with van der Waals surface area (Å²) in [6.07, 6.45) is 15.1. The average molecular weight is 509 g/mol. The monoisotopic (exact) mass is 508 g/mol. The molecule has 3 aromatic heterocycles. The minimum Gasteiger partial charge on any atom is -0.369 e. The van der Waals surface area contributed by atoms with Crippen LogP contribution in [0.5, 0.6) is 0 Å². The highest BCUT2D eigenvalue weighted by Gasteiger charge is 2.37. The van der Waals surface area contributed by atoms with Gasteiger partial charge < -0.3 is 9.88 Å². The van der Waals surface area contributed by atoms with Gasteiger partial charge in [0.05, 0.1) is 16.8 Å². The van der Waals surface area contributed by atoms with Gasteiger partial charge in [0.15, 0.2) is 0 Å². The van der Waals surface area contributed by atoms with E-state index < -0.39 is 0 Å². The van der Waals surface area contributed by atoms with E-state index in [-0.39, 0.29) is 17.5 Å². The second kappa shape index (κ2) is 10.3. The molecule has 0 spiro atoms. The van der Waals surface area contributed by atoms with E-state index in [1.807, 2.05) is 29.8 Å². The quantitative estimate of drug-likeness (QED) is 0.290. The van der Waals surface area contributed by atoms with Gasteiger partial charge in [-0.25, -0.2) is 9.97 Å². The molecule has 8 nitrogen and oxygen atoms in total. The third-order valence-corrected chi connectivity index (χ3v) is 7.90. The number of pyridine rings is 1.